The summed E-state index contributed by atoms with van der Waals surface area (Å²) in [5, 5.41) is 6.84. The van der Waals surface area contributed by atoms with Crippen LogP contribution in [0.3, 0.4) is 0 Å². The van der Waals surface area contributed by atoms with E-state index in [2.05, 4.69) is 10.2 Å². The molecule has 0 spiro atoms. The fourth-order valence-electron chi connectivity index (χ4n) is 1.00. The van der Waals surface area contributed by atoms with Crippen molar-refractivity contribution < 1.29 is 13.2 Å². The molecule has 0 aromatic heterocycles. The van der Waals surface area contributed by atoms with Gasteiger partial charge < -0.3 is 11.5 Å². The molecule has 1 aromatic rings. The van der Waals surface area contributed by atoms with Crippen molar-refractivity contribution in [1.29, 1.82) is 0 Å². The van der Waals surface area contributed by atoms with Gasteiger partial charge in [0.05, 0.1) is 11.8 Å². The summed E-state index contributed by atoms with van der Waals surface area (Å²) in [7, 11) is 0. The molecule has 0 aliphatic carbocycles. The third-order valence-corrected chi connectivity index (χ3v) is 2.57. The second-order valence-corrected chi connectivity index (χ2v) is 4.17. The monoisotopic (exact) mass is 356 g/mol. The standard InChI is InChI=1S/C9H8F3IN4/c10-9(11,12)6-2-1-5(3-7(6)13)4-16-17-8(14)15/h1-4H,(H4,14,15,17). The topological polar surface area (TPSA) is 76.8 Å². The van der Waals surface area contributed by atoms with E-state index in [9.17, 15) is 13.2 Å². The number of rotatable bonds is 2. The molecule has 0 saturated heterocycles. The van der Waals surface area contributed by atoms with Crippen LogP contribution in [0.4, 0.5) is 13.2 Å². The Morgan fingerprint density at radius 1 is 1.29 bits per heavy atom. The molecule has 4 N–H and O–H groups in total. The second-order valence-electron chi connectivity index (χ2n) is 3.01. The molecule has 0 radical (unpaired) electrons. The molecule has 8 heteroatoms. The lowest BCUT2D eigenvalue weighted by molar-refractivity contribution is -0.138. The van der Waals surface area contributed by atoms with Gasteiger partial charge in [0.1, 0.15) is 0 Å². The van der Waals surface area contributed by atoms with Crippen LogP contribution in [0.2, 0.25) is 0 Å². The van der Waals surface area contributed by atoms with Crippen molar-refractivity contribution in [2.24, 2.45) is 21.7 Å². The number of benzene rings is 1. The number of hydrogen-bond donors (Lipinski definition) is 2. The van der Waals surface area contributed by atoms with Crippen LogP contribution in [0.1, 0.15) is 11.1 Å². The Labute approximate surface area is 109 Å². The molecule has 0 atom stereocenters. The van der Waals surface area contributed by atoms with Crippen molar-refractivity contribution in [2.45, 2.75) is 6.18 Å². The van der Waals surface area contributed by atoms with Crippen molar-refractivity contribution in [1.82, 2.24) is 0 Å². The zero-order chi connectivity index (χ0) is 13.1. The van der Waals surface area contributed by atoms with Gasteiger partial charge in [-0.25, -0.2) is 0 Å². The number of nitrogens with zero attached hydrogens (tertiary/aromatic N) is 2. The molecular formula is C9H8F3IN4. The summed E-state index contributed by atoms with van der Waals surface area (Å²) >= 11 is 1.61. The summed E-state index contributed by atoms with van der Waals surface area (Å²) in [5.74, 6) is -0.220. The number of nitrogens with two attached hydrogens (primary N) is 2. The maximum Gasteiger partial charge on any atom is 0.417 e. The number of guanidine groups is 1. The number of hydrogen-bond acceptors (Lipinski definition) is 2. The average Bonchev–Trinajstić information content (AvgIpc) is 2.14. The summed E-state index contributed by atoms with van der Waals surface area (Å²) in [6.07, 6.45) is -3.09. The highest BCUT2D eigenvalue weighted by Gasteiger charge is 2.32. The van der Waals surface area contributed by atoms with E-state index < -0.39 is 11.7 Å². The fraction of sp³-hybridized carbons (Fsp3) is 0.111. The van der Waals surface area contributed by atoms with Crippen LogP contribution in [0, 0.1) is 3.57 Å². The van der Waals surface area contributed by atoms with Gasteiger partial charge in [-0.3, -0.25) is 0 Å². The molecule has 17 heavy (non-hydrogen) atoms. The highest BCUT2D eigenvalue weighted by atomic mass is 127. The highest BCUT2D eigenvalue weighted by molar-refractivity contribution is 14.1. The third-order valence-electron chi connectivity index (χ3n) is 1.68. The van der Waals surface area contributed by atoms with Crippen molar-refractivity contribution in [3.05, 3.63) is 32.9 Å². The predicted molar refractivity (Wildman–Crippen MR) is 67.6 cm³/mol. The second kappa shape index (κ2) is 5.34. The Morgan fingerprint density at radius 3 is 2.41 bits per heavy atom. The van der Waals surface area contributed by atoms with Gasteiger partial charge in [0.25, 0.3) is 0 Å². The third kappa shape index (κ3) is 4.21. The van der Waals surface area contributed by atoms with Crippen LogP contribution in [-0.4, -0.2) is 12.2 Å². The molecule has 0 bridgehead atoms. The van der Waals surface area contributed by atoms with Crippen LogP contribution < -0.4 is 11.5 Å². The van der Waals surface area contributed by atoms with Crippen molar-refractivity contribution in [2.75, 3.05) is 0 Å². The van der Waals surface area contributed by atoms with Gasteiger partial charge in [-0.05, 0) is 40.3 Å². The van der Waals surface area contributed by atoms with E-state index in [4.69, 9.17) is 11.5 Å². The van der Waals surface area contributed by atoms with E-state index in [0.29, 0.717) is 5.56 Å². The van der Waals surface area contributed by atoms with E-state index in [1.165, 1.54) is 18.3 Å². The zero-order valence-electron chi connectivity index (χ0n) is 8.37. The first-order valence-electron chi connectivity index (χ1n) is 4.29. The molecule has 0 unspecified atom stereocenters. The van der Waals surface area contributed by atoms with E-state index in [1.807, 2.05) is 0 Å². The van der Waals surface area contributed by atoms with E-state index in [0.717, 1.165) is 6.07 Å². The summed E-state index contributed by atoms with van der Waals surface area (Å²) in [4.78, 5) is 0. The zero-order valence-corrected chi connectivity index (χ0v) is 10.5. The molecule has 0 fully saturated rings. The SMILES string of the molecule is NC(N)=NN=Cc1ccc(C(F)(F)F)c(I)c1. The molecule has 1 aromatic carbocycles. The summed E-state index contributed by atoms with van der Waals surface area (Å²) < 4.78 is 37.4. The van der Waals surface area contributed by atoms with Crippen molar-refractivity contribution >= 4 is 34.8 Å². The first-order chi connectivity index (χ1) is 7.80. The average molecular weight is 356 g/mol. The van der Waals surface area contributed by atoms with Gasteiger partial charge in [0.15, 0.2) is 0 Å². The van der Waals surface area contributed by atoms with Crippen LogP contribution in [-0.2, 0) is 6.18 Å². The predicted octanol–water partition coefficient (Wildman–Crippen LogP) is 1.92. The number of halogens is 4. The van der Waals surface area contributed by atoms with Gasteiger partial charge in [0.2, 0.25) is 5.96 Å². The first-order valence-corrected chi connectivity index (χ1v) is 5.37. The maximum absolute atomic E-state index is 12.4. The Hall–Kier alpha value is -1.32. The molecular weight excluding hydrogens is 348 g/mol. The molecule has 0 amide bonds. The van der Waals surface area contributed by atoms with Crippen LogP contribution in [0.25, 0.3) is 0 Å². The van der Waals surface area contributed by atoms with Gasteiger partial charge in [-0.15, -0.1) is 5.10 Å². The van der Waals surface area contributed by atoms with Crippen molar-refractivity contribution in [3.63, 3.8) is 0 Å². The van der Waals surface area contributed by atoms with Crippen LogP contribution >= 0.6 is 22.6 Å². The minimum Gasteiger partial charge on any atom is -0.369 e. The summed E-state index contributed by atoms with van der Waals surface area (Å²) in [5.41, 5.74) is 9.86. The Balaban J connectivity index is 2.98. The summed E-state index contributed by atoms with van der Waals surface area (Å²) in [6.45, 7) is 0. The van der Waals surface area contributed by atoms with Crippen LogP contribution in [0.5, 0.6) is 0 Å². The van der Waals surface area contributed by atoms with E-state index in [-0.39, 0.29) is 9.53 Å². The molecule has 0 saturated carbocycles. The van der Waals surface area contributed by atoms with Gasteiger partial charge in [0, 0.05) is 3.57 Å². The quantitative estimate of drug-likeness (QED) is 0.368. The van der Waals surface area contributed by atoms with Crippen LogP contribution in [0.15, 0.2) is 28.4 Å². The lowest BCUT2D eigenvalue weighted by Crippen LogP contribution is -2.21. The number of alkyl halides is 3. The van der Waals surface area contributed by atoms with Gasteiger partial charge in [-0.2, -0.15) is 18.3 Å². The smallest absolute Gasteiger partial charge is 0.369 e. The lowest BCUT2D eigenvalue weighted by Gasteiger charge is -2.08. The molecule has 0 heterocycles. The molecule has 4 nitrogen and oxygen atoms in total. The molecule has 92 valence electrons. The van der Waals surface area contributed by atoms with E-state index in [1.54, 1.807) is 22.6 Å². The fourth-order valence-corrected chi connectivity index (χ4v) is 1.85. The lowest BCUT2D eigenvalue weighted by atomic mass is 10.1. The first kappa shape index (κ1) is 13.7. The van der Waals surface area contributed by atoms with Gasteiger partial charge >= 0.3 is 6.18 Å². The minimum atomic E-state index is -4.36. The largest absolute Gasteiger partial charge is 0.417 e. The van der Waals surface area contributed by atoms with Gasteiger partial charge in [-0.1, -0.05) is 6.07 Å². The molecule has 0 aliphatic heterocycles. The molecule has 1 rings (SSSR count). The minimum absolute atomic E-state index is 0.0868. The Morgan fingerprint density at radius 2 is 1.94 bits per heavy atom. The van der Waals surface area contributed by atoms with Crippen molar-refractivity contribution in [3.8, 4) is 0 Å². The maximum atomic E-state index is 12.4. The molecule has 0 aliphatic rings. The van der Waals surface area contributed by atoms with E-state index >= 15 is 0 Å². The Kier molecular flexibility index (Phi) is 4.32. The Bertz CT molecular complexity index is 464. The highest BCUT2D eigenvalue weighted by Crippen LogP contribution is 2.32. The normalized spacial score (nSPS) is 11.8. The summed E-state index contributed by atoms with van der Waals surface area (Å²) in [6, 6.07) is 3.62.